The molecule has 8 nitrogen and oxygen atoms in total. The summed E-state index contributed by atoms with van der Waals surface area (Å²) in [6.45, 7) is 5.17. The number of carbonyl (C=O) groups excluding carboxylic acids is 1. The lowest BCUT2D eigenvalue weighted by Gasteiger charge is -2.28. The first kappa shape index (κ1) is 19.9. The van der Waals surface area contributed by atoms with E-state index in [-0.39, 0.29) is 11.9 Å². The van der Waals surface area contributed by atoms with Crippen LogP contribution in [0.4, 0.5) is 11.5 Å². The fourth-order valence-electron chi connectivity index (χ4n) is 5.41. The number of fused-ring (bicyclic) bond motifs is 3. The molecule has 32 heavy (non-hydrogen) atoms. The lowest BCUT2D eigenvalue weighted by Crippen LogP contribution is -2.39. The molecule has 2 saturated heterocycles. The third-order valence-electron chi connectivity index (χ3n) is 7.09. The molecule has 0 spiro atoms. The normalized spacial score (nSPS) is 24.5. The van der Waals surface area contributed by atoms with Crippen molar-refractivity contribution < 1.29 is 4.79 Å². The number of anilines is 2. The van der Waals surface area contributed by atoms with Crippen LogP contribution in [0.2, 0.25) is 0 Å². The predicted octanol–water partition coefficient (Wildman–Crippen LogP) is 2.06. The molecule has 1 amide bonds. The van der Waals surface area contributed by atoms with Crippen LogP contribution in [-0.4, -0.2) is 52.6 Å². The summed E-state index contributed by atoms with van der Waals surface area (Å²) in [5.74, 6) is 1.72. The molecule has 3 aromatic rings. The third-order valence-corrected chi connectivity index (χ3v) is 8.18. The monoisotopic (exact) mass is 449 g/mol. The molecule has 0 saturated carbocycles. The van der Waals surface area contributed by atoms with Gasteiger partial charge in [-0.3, -0.25) is 4.79 Å². The quantitative estimate of drug-likeness (QED) is 0.562. The molecule has 0 bridgehead atoms. The first-order valence-electron chi connectivity index (χ1n) is 11.4. The van der Waals surface area contributed by atoms with Gasteiger partial charge in [-0.1, -0.05) is 6.07 Å². The number of pyridine rings is 1. The average Bonchev–Trinajstić information content (AvgIpc) is 3.48. The number of rotatable bonds is 3. The predicted molar refractivity (Wildman–Crippen MR) is 126 cm³/mol. The Balaban J connectivity index is 1.17. The van der Waals surface area contributed by atoms with E-state index >= 15 is 0 Å². The van der Waals surface area contributed by atoms with E-state index in [2.05, 4.69) is 37.6 Å². The molecule has 0 aromatic carbocycles. The van der Waals surface area contributed by atoms with Crippen LogP contribution in [0.1, 0.15) is 39.5 Å². The van der Waals surface area contributed by atoms with Crippen molar-refractivity contribution in [1.82, 2.24) is 25.6 Å². The van der Waals surface area contributed by atoms with Crippen LogP contribution >= 0.6 is 11.3 Å². The number of nitrogens with one attached hydrogen (secondary N) is 2. The summed E-state index contributed by atoms with van der Waals surface area (Å²) in [5, 5.41) is 6.70. The summed E-state index contributed by atoms with van der Waals surface area (Å²) in [6, 6.07) is 5.02. The van der Waals surface area contributed by atoms with Crippen molar-refractivity contribution in [2.75, 3.05) is 30.3 Å². The molecule has 3 aliphatic rings. The first-order chi connectivity index (χ1) is 15.6. The number of nitrogens with zero attached hydrogens (tertiary/aromatic N) is 4. The van der Waals surface area contributed by atoms with Crippen molar-refractivity contribution in [1.29, 1.82) is 0 Å². The Kier molecular flexibility index (Phi) is 4.76. The Bertz CT molecular complexity index is 1210. The highest BCUT2D eigenvalue weighted by Gasteiger charge is 2.38. The van der Waals surface area contributed by atoms with Crippen LogP contribution in [-0.2, 0) is 12.8 Å². The zero-order chi connectivity index (χ0) is 21.8. The van der Waals surface area contributed by atoms with Gasteiger partial charge in [0.05, 0.1) is 11.4 Å². The summed E-state index contributed by atoms with van der Waals surface area (Å²) in [4.78, 5) is 30.5. The fourth-order valence-corrected chi connectivity index (χ4v) is 6.41. The maximum Gasteiger partial charge on any atom is 0.263 e. The van der Waals surface area contributed by atoms with Crippen molar-refractivity contribution in [2.45, 2.75) is 44.7 Å². The minimum absolute atomic E-state index is 0.0742. The minimum atomic E-state index is -0.139. The van der Waals surface area contributed by atoms with Gasteiger partial charge in [0.15, 0.2) is 0 Å². The van der Waals surface area contributed by atoms with E-state index in [1.54, 1.807) is 6.20 Å². The second-order valence-electron chi connectivity index (χ2n) is 9.17. The molecule has 3 atom stereocenters. The van der Waals surface area contributed by atoms with Crippen LogP contribution in [0, 0.1) is 12.8 Å². The molecule has 3 aromatic heterocycles. The van der Waals surface area contributed by atoms with Crippen LogP contribution < -0.4 is 21.3 Å². The Morgan fingerprint density at radius 3 is 3.09 bits per heavy atom. The van der Waals surface area contributed by atoms with E-state index < -0.39 is 0 Å². The average molecular weight is 450 g/mol. The lowest BCUT2D eigenvalue weighted by atomic mass is 9.91. The number of hydrogen-bond acceptors (Lipinski definition) is 8. The number of nitrogen functional groups attached to an aromatic ring is 1. The molecule has 3 unspecified atom stereocenters. The van der Waals surface area contributed by atoms with Crippen LogP contribution in [0.3, 0.4) is 0 Å². The van der Waals surface area contributed by atoms with Gasteiger partial charge in [-0.25, -0.2) is 15.0 Å². The highest BCUT2D eigenvalue weighted by atomic mass is 32.1. The molecule has 5 heterocycles. The summed E-state index contributed by atoms with van der Waals surface area (Å²) < 4.78 is 0. The molecular formula is C23H27N7OS. The van der Waals surface area contributed by atoms with Crippen molar-refractivity contribution in [3.63, 3.8) is 0 Å². The fraction of sp³-hybridized carbons (Fsp3) is 0.478. The summed E-state index contributed by atoms with van der Waals surface area (Å²) >= 11 is 1.31. The van der Waals surface area contributed by atoms with E-state index in [9.17, 15) is 4.79 Å². The number of amides is 1. The Morgan fingerprint density at radius 2 is 2.19 bits per heavy atom. The number of aromatic nitrogens is 3. The van der Waals surface area contributed by atoms with Crippen molar-refractivity contribution in [3.05, 3.63) is 40.2 Å². The van der Waals surface area contributed by atoms with Crippen molar-refractivity contribution >= 4 is 39.1 Å². The number of carbonyl (C=O) groups is 1. The molecule has 0 radical (unpaired) electrons. The van der Waals surface area contributed by atoms with Crippen LogP contribution in [0.25, 0.3) is 10.3 Å². The Morgan fingerprint density at radius 1 is 1.28 bits per heavy atom. The van der Waals surface area contributed by atoms with Gasteiger partial charge in [-0.05, 0) is 50.2 Å². The summed E-state index contributed by atoms with van der Waals surface area (Å²) in [7, 11) is 0. The molecule has 4 N–H and O–H groups in total. The van der Waals surface area contributed by atoms with Crippen LogP contribution in [0.15, 0.2) is 18.3 Å². The molecule has 9 heteroatoms. The lowest BCUT2D eigenvalue weighted by molar-refractivity contribution is 0.0938. The van der Waals surface area contributed by atoms with Gasteiger partial charge < -0.3 is 21.3 Å². The van der Waals surface area contributed by atoms with E-state index in [0.717, 1.165) is 56.3 Å². The molecule has 166 valence electrons. The second kappa shape index (κ2) is 7.67. The SMILES string of the molecule is Cc1cnc2c(N)c(C(=O)NC3CCc4nc(N5CCC6CNCC65)ccc4C3)sc2n1. The molecular weight excluding hydrogens is 422 g/mol. The van der Waals surface area contributed by atoms with Gasteiger partial charge in [-0.2, -0.15) is 0 Å². The maximum atomic E-state index is 13.0. The highest BCUT2D eigenvalue weighted by Crippen LogP contribution is 2.33. The van der Waals surface area contributed by atoms with Crippen molar-refractivity contribution in [3.8, 4) is 0 Å². The standard InChI is InChI=1S/C23H27N7OS/c1-12-9-26-20-19(24)21(32-23(20)27-12)22(31)28-15-3-4-16-13(8-15)2-5-18(29-16)30-7-6-14-10-25-11-17(14)30/h2,5,9,14-15,17,25H,3-4,6-8,10-11,24H2,1H3,(H,28,31). The summed E-state index contributed by atoms with van der Waals surface area (Å²) in [6.07, 6.45) is 5.47. The minimum Gasteiger partial charge on any atom is -0.396 e. The molecule has 6 rings (SSSR count). The number of nitrogens with two attached hydrogens (primary N) is 1. The number of hydrogen-bond donors (Lipinski definition) is 3. The smallest absolute Gasteiger partial charge is 0.263 e. The second-order valence-corrected chi connectivity index (χ2v) is 10.2. The maximum absolute atomic E-state index is 13.0. The third kappa shape index (κ3) is 3.31. The van der Waals surface area contributed by atoms with Gasteiger partial charge in [0, 0.05) is 43.6 Å². The van der Waals surface area contributed by atoms with Gasteiger partial charge in [0.1, 0.15) is 21.0 Å². The molecule has 2 aliphatic heterocycles. The van der Waals surface area contributed by atoms with Gasteiger partial charge in [-0.15, -0.1) is 11.3 Å². The van der Waals surface area contributed by atoms with Crippen molar-refractivity contribution in [2.24, 2.45) is 5.92 Å². The van der Waals surface area contributed by atoms with E-state index in [0.29, 0.717) is 27.0 Å². The molecule has 1 aliphatic carbocycles. The zero-order valence-corrected chi connectivity index (χ0v) is 18.9. The highest BCUT2D eigenvalue weighted by molar-refractivity contribution is 7.21. The molecule has 2 fully saturated rings. The van der Waals surface area contributed by atoms with Gasteiger partial charge in [0.2, 0.25) is 0 Å². The zero-order valence-electron chi connectivity index (χ0n) is 18.1. The summed E-state index contributed by atoms with van der Waals surface area (Å²) in [5.41, 5.74) is 10.5. The topological polar surface area (TPSA) is 109 Å². The number of thiophene rings is 1. The Labute approximate surface area is 190 Å². The van der Waals surface area contributed by atoms with Gasteiger partial charge in [0.25, 0.3) is 5.91 Å². The van der Waals surface area contributed by atoms with E-state index in [1.807, 2.05) is 6.92 Å². The number of aryl methyl sites for hydroxylation is 2. The largest absolute Gasteiger partial charge is 0.396 e. The van der Waals surface area contributed by atoms with Gasteiger partial charge >= 0.3 is 0 Å². The van der Waals surface area contributed by atoms with Crippen LogP contribution in [0.5, 0.6) is 0 Å². The first-order valence-corrected chi connectivity index (χ1v) is 12.2. The Hall–Kier alpha value is -2.78. The van der Waals surface area contributed by atoms with E-state index in [4.69, 9.17) is 10.7 Å². The van der Waals surface area contributed by atoms with E-state index in [1.165, 1.54) is 29.0 Å².